The maximum absolute atomic E-state index is 13.9. The van der Waals surface area contributed by atoms with Crippen LogP contribution in [-0.2, 0) is 26.1 Å². The minimum absolute atomic E-state index is 0.120. The molecule has 0 spiro atoms. The van der Waals surface area contributed by atoms with Crippen molar-refractivity contribution in [2.75, 3.05) is 13.1 Å². The van der Waals surface area contributed by atoms with Crippen molar-refractivity contribution < 1.29 is 9.18 Å². The van der Waals surface area contributed by atoms with E-state index in [0.29, 0.717) is 30.9 Å². The summed E-state index contributed by atoms with van der Waals surface area (Å²) in [5, 5.41) is 2.97. The van der Waals surface area contributed by atoms with Crippen LogP contribution in [0.25, 0.3) is 0 Å². The van der Waals surface area contributed by atoms with Crippen molar-refractivity contribution in [1.29, 1.82) is 0 Å². The summed E-state index contributed by atoms with van der Waals surface area (Å²) >= 11 is 0. The third-order valence-corrected chi connectivity index (χ3v) is 5.11. The topological polar surface area (TPSA) is 50.2 Å². The third kappa shape index (κ3) is 4.12. The minimum atomic E-state index is -0.175. The largest absolute Gasteiger partial charge is 0.347 e. The molecule has 0 atom stereocenters. The normalized spacial score (nSPS) is 14.3. The number of imidazole rings is 1. The maximum atomic E-state index is 13.9. The first-order valence-electron chi connectivity index (χ1n) is 9.53. The molecule has 28 heavy (non-hydrogen) atoms. The van der Waals surface area contributed by atoms with E-state index in [0.717, 1.165) is 30.9 Å². The van der Waals surface area contributed by atoms with Gasteiger partial charge in [-0.2, -0.15) is 0 Å². The van der Waals surface area contributed by atoms with Crippen molar-refractivity contribution >= 4 is 5.91 Å². The highest BCUT2D eigenvalue weighted by atomic mass is 19.1. The number of fused-ring (bicyclic) bond motifs is 1. The zero-order valence-corrected chi connectivity index (χ0v) is 15.6. The van der Waals surface area contributed by atoms with E-state index in [4.69, 9.17) is 0 Å². The zero-order chi connectivity index (χ0) is 19.3. The average molecular weight is 378 g/mol. The number of nitrogens with one attached hydrogen (secondary N) is 1. The van der Waals surface area contributed by atoms with Gasteiger partial charge in [0.05, 0.1) is 6.20 Å². The van der Waals surface area contributed by atoms with Gasteiger partial charge in [0.25, 0.3) is 5.91 Å². The molecule has 0 aliphatic carbocycles. The number of amides is 1. The van der Waals surface area contributed by atoms with Gasteiger partial charge in [-0.05, 0) is 11.6 Å². The van der Waals surface area contributed by atoms with E-state index >= 15 is 0 Å². The van der Waals surface area contributed by atoms with E-state index in [1.807, 2.05) is 47.0 Å². The molecule has 1 aromatic heterocycles. The lowest BCUT2D eigenvalue weighted by Crippen LogP contribution is -2.28. The standard InChI is InChI=1S/C22H23FN4O/c23-19-9-5-4-8-18(19)16-26-11-10-21-24-15-20(27(21)13-12-26)22(28)25-14-17-6-2-1-3-7-17/h1-9,15H,10-14,16H2,(H,25,28). The van der Waals surface area contributed by atoms with Gasteiger partial charge in [-0.15, -0.1) is 0 Å². The van der Waals surface area contributed by atoms with E-state index in [1.54, 1.807) is 12.3 Å². The molecule has 0 bridgehead atoms. The van der Waals surface area contributed by atoms with E-state index in [1.165, 1.54) is 6.07 Å². The molecule has 5 nitrogen and oxygen atoms in total. The Balaban J connectivity index is 1.40. The van der Waals surface area contributed by atoms with Crippen LogP contribution in [0, 0.1) is 5.82 Å². The first-order valence-corrected chi connectivity index (χ1v) is 9.53. The van der Waals surface area contributed by atoms with Crippen molar-refractivity contribution in [1.82, 2.24) is 19.8 Å². The lowest BCUT2D eigenvalue weighted by Gasteiger charge is -2.20. The zero-order valence-electron chi connectivity index (χ0n) is 15.6. The molecule has 0 saturated heterocycles. The fourth-order valence-corrected chi connectivity index (χ4v) is 3.55. The molecular weight excluding hydrogens is 355 g/mol. The van der Waals surface area contributed by atoms with Crippen molar-refractivity contribution in [3.8, 4) is 0 Å². The quantitative estimate of drug-likeness (QED) is 0.743. The molecule has 3 aromatic rings. The Bertz CT molecular complexity index is 954. The minimum Gasteiger partial charge on any atom is -0.347 e. The fraction of sp³-hybridized carbons (Fsp3) is 0.273. The molecule has 2 heterocycles. The lowest BCUT2D eigenvalue weighted by molar-refractivity contribution is 0.0940. The predicted octanol–water partition coefficient (Wildman–Crippen LogP) is 3.01. The van der Waals surface area contributed by atoms with Crippen LogP contribution in [0.1, 0.15) is 27.4 Å². The number of carbonyl (C=O) groups is 1. The molecule has 1 aliphatic rings. The molecule has 144 valence electrons. The summed E-state index contributed by atoms with van der Waals surface area (Å²) in [5.74, 6) is 0.608. The smallest absolute Gasteiger partial charge is 0.269 e. The molecule has 0 unspecified atom stereocenters. The molecule has 4 rings (SSSR count). The van der Waals surface area contributed by atoms with Crippen molar-refractivity contribution in [3.05, 3.63) is 89.3 Å². The Labute approximate surface area is 163 Å². The van der Waals surface area contributed by atoms with Crippen LogP contribution in [-0.4, -0.2) is 33.4 Å². The molecule has 0 radical (unpaired) electrons. The van der Waals surface area contributed by atoms with Crippen LogP contribution in [0.15, 0.2) is 60.8 Å². The number of benzene rings is 2. The van der Waals surface area contributed by atoms with E-state index in [-0.39, 0.29) is 11.7 Å². The summed E-state index contributed by atoms with van der Waals surface area (Å²) < 4.78 is 15.9. The van der Waals surface area contributed by atoms with Crippen LogP contribution >= 0.6 is 0 Å². The first kappa shape index (κ1) is 18.4. The molecule has 1 amide bonds. The second-order valence-corrected chi connectivity index (χ2v) is 7.00. The van der Waals surface area contributed by atoms with Gasteiger partial charge in [-0.3, -0.25) is 9.69 Å². The predicted molar refractivity (Wildman–Crippen MR) is 105 cm³/mol. The summed E-state index contributed by atoms with van der Waals surface area (Å²) in [7, 11) is 0. The molecule has 0 fully saturated rings. The SMILES string of the molecule is O=C(NCc1ccccc1)c1cnc2n1CCN(Cc1ccccc1F)CC2. The number of halogens is 1. The van der Waals surface area contributed by atoms with Gasteiger partial charge < -0.3 is 9.88 Å². The number of hydrogen-bond acceptors (Lipinski definition) is 3. The highest BCUT2D eigenvalue weighted by Crippen LogP contribution is 2.15. The summed E-state index contributed by atoms with van der Waals surface area (Å²) in [5.41, 5.74) is 2.34. The summed E-state index contributed by atoms with van der Waals surface area (Å²) in [4.78, 5) is 19.3. The molecule has 1 N–H and O–H groups in total. The summed E-state index contributed by atoms with van der Waals surface area (Å²) in [6.07, 6.45) is 2.39. The van der Waals surface area contributed by atoms with Crippen LogP contribution in [0.4, 0.5) is 4.39 Å². The van der Waals surface area contributed by atoms with Gasteiger partial charge in [0.2, 0.25) is 0 Å². The maximum Gasteiger partial charge on any atom is 0.269 e. The van der Waals surface area contributed by atoms with Gasteiger partial charge in [0.15, 0.2) is 0 Å². The highest BCUT2D eigenvalue weighted by Gasteiger charge is 2.21. The van der Waals surface area contributed by atoms with Gasteiger partial charge in [0, 0.05) is 44.7 Å². The second-order valence-electron chi connectivity index (χ2n) is 7.00. The molecule has 2 aromatic carbocycles. The monoisotopic (exact) mass is 378 g/mol. The van der Waals surface area contributed by atoms with Crippen molar-refractivity contribution in [2.45, 2.75) is 26.1 Å². The average Bonchev–Trinajstić information content (AvgIpc) is 3.03. The van der Waals surface area contributed by atoms with Crippen LogP contribution in [0.2, 0.25) is 0 Å². The van der Waals surface area contributed by atoms with Gasteiger partial charge in [-0.25, -0.2) is 9.37 Å². The van der Waals surface area contributed by atoms with Crippen LogP contribution in [0.3, 0.4) is 0 Å². The summed E-state index contributed by atoms with van der Waals surface area (Å²) in [6, 6.07) is 16.7. The van der Waals surface area contributed by atoms with Crippen molar-refractivity contribution in [2.24, 2.45) is 0 Å². The van der Waals surface area contributed by atoms with E-state index in [9.17, 15) is 9.18 Å². The Morgan fingerprint density at radius 3 is 2.64 bits per heavy atom. The Hall–Kier alpha value is -2.99. The molecule has 0 saturated carbocycles. The number of rotatable bonds is 5. The van der Waals surface area contributed by atoms with Crippen LogP contribution in [0.5, 0.6) is 0 Å². The Kier molecular flexibility index (Phi) is 5.48. The van der Waals surface area contributed by atoms with Crippen LogP contribution < -0.4 is 5.32 Å². The molecule has 1 aliphatic heterocycles. The number of carbonyl (C=O) groups excluding carboxylic acids is 1. The molecular formula is C22H23FN4O. The number of hydrogen-bond donors (Lipinski definition) is 1. The number of nitrogens with zero attached hydrogens (tertiary/aromatic N) is 3. The number of aromatic nitrogens is 2. The van der Waals surface area contributed by atoms with Gasteiger partial charge >= 0.3 is 0 Å². The lowest BCUT2D eigenvalue weighted by atomic mass is 10.2. The third-order valence-electron chi connectivity index (χ3n) is 5.11. The van der Waals surface area contributed by atoms with E-state index in [2.05, 4.69) is 15.2 Å². The Morgan fingerprint density at radius 1 is 1.04 bits per heavy atom. The Morgan fingerprint density at radius 2 is 1.82 bits per heavy atom. The van der Waals surface area contributed by atoms with Crippen molar-refractivity contribution in [3.63, 3.8) is 0 Å². The second kappa shape index (κ2) is 8.35. The van der Waals surface area contributed by atoms with E-state index < -0.39 is 0 Å². The van der Waals surface area contributed by atoms with Gasteiger partial charge in [-0.1, -0.05) is 48.5 Å². The highest BCUT2D eigenvalue weighted by molar-refractivity contribution is 5.92. The first-order chi connectivity index (χ1) is 13.7. The molecule has 6 heteroatoms. The summed E-state index contributed by atoms with van der Waals surface area (Å²) in [6.45, 7) is 3.25. The van der Waals surface area contributed by atoms with Gasteiger partial charge in [0.1, 0.15) is 17.3 Å². The fourth-order valence-electron chi connectivity index (χ4n) is 3.55.